The van der Waals surface area contributed by atoms with E-state index >= 15 is 0 Å². The monoisotopic (exact) mass is 393 g/mol. The van der Waals surface area contributed by atoms with Gasteiger partial charge in [0, 0.05) is 45.3 Å². The topological polar surface area (TPSA) is 39.4 Å². The maximum Gasteiger partial charge on any atom is 0.212 e. The fourth-order valence-electron chi connectivity index (χ4n) is 3.07. The van der Waals surface area contributed by atoms with Gasteiger partial charge in [0.05, 0.1) is 19.0 Å². The van der Waals surface area contributed by atoms with Crippen LogP contribution in [0.15, 0.2) is 66.0 Å². The van der Waals surface area contributed by atoms with Crippen molar-refractivity contribution in [3.8, 4) is 28.3 Å². The third kappa shape index (κ3) is 3.60. The van der Waals surface area contributed by atoms with Gasteiger partial charge >= 0.3 is 0 Å². The molecule has 4 nitrogen and oxygen atoms in total. The van der Waals surface area contributed by atoms with Gasteiger partial charge in [-0.05, 0) is 24.3 Å². The van der Waals surface area contributed by atoms with Gasteiger partial charge in [0.1, 0.15) is 0 Å². The van der Waals surface area contributed by atoms with Crippen molar-refractivity contribution in [2.45, 2.75) is 24.0 Å². The molecule has 0 amide bonds. The van der Waals surface area contributed by atoms with Crippen molar-refractivity contribution in [2.24, 2.45) is 0 Å². The van der Waals surface area contributed by atoms with E-state index in [2.05, 4.69) is 35.9 Å². The van der Waals surface area contributed by atoms with Crippen LogP contribution in [0.25, 0.3) is 28.0 Å². The smallest absolute Gasteiger partial charge is 0.212 e. The summed E-state index contributed by atoms with van der Waals surface area (Å²) in [5, 5.41) is 0.524. The Morgan fingerprint density at radius 3 is 2.36 bits per heavy atom. The Balaban J connectivity index is 1.76. The molecule has 0 N–H and O–H groups in total. The summed E-state index contributed by atoms with van der Waals surface area (Å²) in [6.07, 6.45) is 5.27. The fourth-order valence-corrected chi connectivity index (χ4v) is 3.90. The van der Waals surface area contributed by atoms with Crippen molar-refractivity contribution in [1.82, 2.24) is 14.4 Å². The van der Waals surface area contributed by atoms with Crippen molar-refractivity contribution in [1.29, 1.82) is 0 Å². The van der Waals surface area contributed by atoms with Crippen LogP contribution in [-0.2, 0) is 0 Å². The van der Waals surface area contributed by atoms with Crippen LogP contribution in [0.5, 0.6) is 5.88 Å². The van der Waals surface area contributed by atoms with Gasteiger partial charge in [-0.25, -0.2) is 14.4 Å². The average Bonchev–Trinajstić information content (AvgIpc) is 3.13. The van der Waals surface area contributed by atoms with Gasteiger partial charge in [0.2, 0.25) is 5.88 Å². The lowest BCUT2D eigenvalue weighted by Gasteiger charge is -2.09. The first-order valence-electron chi connectivity index (χ1n) is 8.99. The molecule has 0 fully saturated rings. The Kier molecular flexibility index (Phi) is 5.05. The Morgan fingerprint density at radius 2 is 1.71 bits per heavy atom. The van der Waals surface area contributed by atoms with E-state index in [-0.39, 0.29) is 5.82 Å². The first kappa shape index (κ1) is 18.5. The molecule has 142 valence electrons. The summed E-state index contributed by atoms with van der Waals surface area (Å²) in [5.41, 5.74) is 3.68. The maximum atomic E-state index is 14.7. The van der Waals surface area contributed by atoms with Crippen molar-refractivity contribution in [2.75, 3.05) is 7.11 Å². The molecule has 0 saturated carbocycles. The summed E-state index contributed by atoms with van der Waals surface area (Å²) in [7, 11) is 1.57. The van der Waals surface area contributed by atoms with Crippen LogP contribution in [0.2, 0.25) is 0 Å². The number of thioether (sulfide) groups is 1. The number of benzene rings is 1. The molecular weight excluding hydrogens is 373 g/mol. The number of halogens is 1. The van der Waals surface area contributed by atoms with Crippen LogP contribution in [0.3, 0.4) is 0 Å². The van der Waals surface area contributed by atoms with Crippen LogP contribution >= 0.6 is 11.8 Å². The molecule has 3 aromatic heterocycles. The van der Waals surface area contributed by atoms with Gasteiger partial charge in [-0.2, -0.15) is 0 Å². The minimum atomic E-state index is -0.369. The standard InChI is InChI=1S/C22H20FN3OS/c1-14(2)28-18-7-4-15(5-8-18)20-12-25-22-19(23)10-17(13-26(20)22)16-6-9-21(27-3)24-11-16/h4-14H,1-3H3. The van der Waals surface area contributed by atoms with Crippen LogP contribution < -0.4 is 4.74 Å². The third-order valence-corrected chi connectivity index (χ3v) is 5.38. The van der Waals surface area contributed by atoms with Gasteiger partial charge in [-0.15, -0.1) is 11.8 Å². The zero-order chi connectivity index (χ0) is 19.7. The molecule has 0 aliphatic rings. The van der Waals surface area contributed by atoms with E-state index < -0.39 is 0 Å². The summed E-state index contributed by atoms with van der Waals surface area (Å²) < 4.78 is 21.6. The number of rotatable bonds is 5. The first-order chi connectivity index (χ1) is 13.5. The Hall–Kier alpha value is -2.86. The predicted molar refractivity (Wildman–Crippen MR) is 111 cm³/mol. The number of hydrogen-bond acceptors (Lipinski definition) is 4. The number of imidazole rings is 1. The molecular formula is C22H20FN3OS. The number of ether oxygens (including phenoxy) is 1. The number of fused-ring (bicyclic) bond motifs is 1. The van der Waals surface area contributed by atoms with Gasteiger partial charge < -0.3 is 4.74 Å². The zero-order valence-electron chi connectivity index (χ0n) is 15.9. The second-order valence-electron chi connectivity index (χ2n) is 6.69. The summed E-state index contributed by atoms with van der Waals surface area (Å²) in [5.74, 6) is 0.152. The Bertz CT molecular complexity index is 1110. The summed E-state index contributed by atoms with van der Waals surface area (Å²) in [6.45, 7) is 4.34. The maximum absolute atomic E-state index is 14.7. The molecule has 0 saturated heterocycles. The second-order valence-corrected chi connectivity index (χ2v) is 8.34. The fraction of sp³-hybridized carbons (Fsp3) is 0.182. The van der Waals surface area contributed by atoms with Gasteiger partial charge in [0.15, 0.2) is 11.5 Å². The highest BCUT2D eigenvalue weighted by Gasteiger charge is 2.13. The van der Waals surface area contributed by atoms with Crippen LogP contribution in [-0.4, -0.2) is 26.7 Å². The highest BCUT2D eigenvalue weighted by molar-refractivity contribution is 7.99. The molecule has 0 bridgehead atoms. The minimum Gasteiger partial charge on any atom is -0.481 e. The quantitative estimate of drug-likeness (QED) is 0.407. The van der Waals surface area contributed by atoms with E-state index in [4.69, 9.17) is 4.74 Å². The van der Waals surface area contributed by atoms with Crippen molar-refractivity contribution in [3.05, 3.63) is 66.9 Å². The second kappa shape index (κ2) is 7.64. The van der Waals surface area contributed by atoms with Crippen LogP contribution in [0.4, 0.5) is 4.39 Å². The molecule has 0 spiro atoms. The third-order valence-electron chi connectivity index (χ3n) is 4.36. The average molecular weight is 393 g/mol. The van der Waals surface area contributed by atoms with Gasteiger partial charge in [-0.3, -0.25) is 4.40 Å². The van der Waals surface area contributed by atoms with Crippen LogP contribution in [0, 0.1) is 5.82 Å². The van der Waals surface area contributed by atoms with E-state index in [1.54, 1.807) is 30.0 Å². The molecule has 0 unspecified atom stereocenters. The van der Waals surface area contributed by atoms with E-state index in [1.165, 1.54) is 11.0 Å². The Morgan fingerprint density at radius 1 is 0.964 bits per heavy atom. The van der Waals surface area contributed by atoms with E-state index in [0.717, 1.165) is 22.4 Å². The SMILES string of the molecule is COc1ccc(-c2cc(F)c3ncc(-c4ccc(SC(C)C)cc4)n3c2)cn1. The molecule has 4 rings (SSSR count). The summed E-state index contributed by atoms with van der Waals surface area (Å²) in [6, 6.07) is 13.4. The van der Waals surface area contributed by atoms with Crippen molar-refractivity contribution >= 4 is 17.4 Å². The summed E-state index contributed by atoms with van der Waals surface area (Å²) in [4.78, 5) is 9.70. The first-order valence-corrected chi connectivity index (χ1v) is 9.87. The number of methoxy groups -OCH3 is 1. The predicted octanol–water partition coefficient (Wildman–Crippen LogP) is 5.71. The number of nitrogens with zero attached hydrogens (tertiary/aromatic N) is 3. The lowest BCUT2D eigenvalue weighted by atomic mass is 10.1. The number of pyridine rings is 2. The van der Waals surface area contributed by atoms with E-state index in [1.807, 2.05) is 36.2 Å². The molecule has 6 heteroatoms. The minimum absolute atomic E-state index is 0.306. The van der Waals surface area contributed by atoms with Gasteiger partial charge in [0.25, 0.3) is 0 Å². The van der Waals surface area contributed by atoms with Crippen molar-refractivity contribution in [3.63, 3.8) is 0 Å². The largest absolute Gasteiger partial charge is 0.481 e. The number of hydrogen-bond donors (Lipinski definition) is 0. The van der Waals surface area contributed by atoms with Gasteiger partial charge in [-0.1, -0.05) is 26.0 Å². The lowest BCUT2D eigenvalue weighted by Crippen LogP contribution is -1.94. The highest BCUT2D eigenvalue weighted by atomic mass is 32.2. The van der Waals surface area contributed by atoms with E-state index in [0.29, 0.717) is 16.8 Å². The molecule has 28 heavy (non-hydrogen) atoms. The normalized spacial score (nSPS) is 11.3. The molecule has 0 aliphatic heterocycles. The molecule has 0 atom stereocenters. The van der Waals surface area contributed by atoms with E-state index in [9.17, 15) is 4.39 Å². The lowest BCUT2D eigenvalue weighted by molar-refractivity contribution is 0.398. The zero-order valence-corrected chi connectivity index (χ0v) is 16.7. The van der Waals surface area contributed by atoms with Crippen molar-refractivity contribution < 1.29 is 9.13 Å². The molecule has 4 aromatic rings. The summed E-state index contributed by atoms with van der Waals surface area (Å²) >= 11 is 1.81. The molecule has 0 aliphatic carbocycles. The number of aromatic nitrogens is 3. The molecule has 0 radical (unpaired) electrons. The highest BCUT2D eigenvalue weighted by Crippen LogP contribution is 2.29. The molecule has 3 heterocycles. The molecule has 1 aromatic carbocycles. The van der Waals surface area contributed by atoms with Crippen LogP contribution in [0.1, 0.15) is 13.8 Å². The Labute approximate surface area is 167 Å².